The summed E-state index contributed by atoms with van der Waals surface area (Å²) in [5, 5.41) is 9.68. The first-order valence-electron chi connectivity index (χ1n) is 7.78. The topological polar surface area (TPSA) is 70.1 Å². The lowest BCUT2D eigenvalue weighted by Gasteiger charge is -2.24. The summed E-state index contributed by atoms with van der Waals surface area (Å²) in [6, 6.07) is 7.43. The number of carbonyl (C=O) groups is 2. The third kappa shape index (κ3) is 2.67. The molecule has 2 aliphatic rings. The van der Waals surface area contributed by atoms with Gasteiger partial charge in [0.1, 0.15) is 11.2 Å². The maximum atomic E-state index is 12.6. The predicted molar refractivity (Wildman–Crippen MR) is 84.3 cm³/mol. The Labute approximate surface area is 135 Å². The first kappa shape index (κ1) is 15.8. The van der Waals surface area contributed by atoms with E-state index < -0.39 is 11.4 Å². The molecule has 0 aliphatic carbocycles. The van der Waals surface area contributed by atoms with E-state index in [0.717, 1.165) is 12.1 Å². The van der Waals surface area contributed by atoms with Crippen molar-refractivity contribution in [2.75, 3.05) is 40.3 Å². The number of rotatable bonds is 4. The maximum absolute atomic E-state index is 12.6. The van der Waals surface area contributed by atoms with Gasteiger partial charge in [-0.05, 0) is 13.1 Å². The van der Waals surface area contributed by atoms with Gasteiger partial charge in [-0.25, -0.2) is 0 Å². The Morgan fingerprint density at radius 2 is 2.04 bits per heavy atom. The smallest absolute Gasteiger partial charge is 0.313 e. The Balaban J connectivity index is 1.74. The SMILES string of the molecule is COc1ccccc1CC(=O)N1C[C@@H]2CN(C)C[C@]2(C(=O)O)C1. The maximum Gasteiger partial charge on any atom is 0.313 e. The van der Waals surface area contributed by atoms with Crippen LogP contribution < -0.4 is 4.74 Å². The molecule has 1 aromatic rings. The van der Waals surface area contributed by atoms with E-state index >= 15 is 0 Å². The van der Waals surface area contributed by atoms with E-state index in [2.05, 4.69) is 0 Å². The van der Waals surface area contributed by atoms with Crippen molar-refractivity contribution in [3.63, 3.8) is 0 Å². The second-order valence-electron chi connectivity index (χ2n) is 6.62. The lowest BCUT2D eigenvalue weighted by atomic mass is 9.81. The number of carboxylic acids is 1. The zero-order valence-electron chi connectivity index (χ0n) is 13.5. The van der Waals surface area contributed by atoms with E-state index in [0.29, 0.717) is 25.4 Å². The highest BCUT2D eigenvalue weighted by atomic mass is 16.5. The summed E-state index contributed by atoms with van der Waals surface area (Å²) in [4.78, 5) is 28.2. The van der Waals surface area contributed by atoms with Crippen LogP contribution >= 0.6 is 0 Å². The average Bonchev–Trinajstić information content (AvgIpc) is 3.01. The van der Waals surface area contributed by atoms with Crippen molar-refractivity contribution < 1.29 is 19.4 Å². The largest absolute Gasteiger partial charge is 0.496 e. The zero-order valence-corrected chi connectivity index (χ0v) is 13.5. The van der Waals surface area contributed by atoms with Gasteiger partial charge in [-0.3, -0.25) is 9.59 Å². The van der Waals surface area contributed by atoms with Gasteiger partial charge in [-0.15, -0.1) is 0 Å². The van der Waals surface area contributed by atoms with Crippen molar-refractivity contribution in [2.45, 2.75) is 6.42 Å². The van der Waals surface area contributed by atoms with Gasteiger partial charge < -0.3 is 19.6 Å². The van der Waals surface area contributed by atoms with Gasteiger partial charge in [-0.2, -0.15) is 0 Å². The van der Waals surface area contributed by atoms with Crippen LogP contribution in [0, 0.1) is 11.3 Å². The molecule has 2 aliphatic heterocycles. The monoisotopic (exact) mass is 318 g/mol. The molecule has 6 heteroatoms. The van der Waals surface area contributed by atoms with Gasteiger partial charge in [0, 0.05) is 37.7 Å². The molecule has 1 aromatic carbocycles. The molecule has 1 amide bonds. The number of likely N-dealkylation sites (tertiary alicyclic amines) is 2. The second kappa shape index (κ2) is 5.85. The highest BCUT2D eigenvalue weighted by Crippen LogP contribution is 2.42. The molecule has 124 valence electrons. The summed E-state index contributed by atoms with van der Waals surface area (Å²) in [5.74, 6) is -0.133. The average molecular weight is 318 g/mol. The number of ether oxygens (including phenoxy) is 1. The van der Waals surface area contributed by atoms with Crippen LogP contribution in [0.2, 0.25) is 0 Å². The summed E-state index contributed by atoms with van der Waals surface area (Å²) in [7, 11) is 3.52. The van der Waals surface area contributed by atoms with Gasteiger partial charge in [0.2, 0.25) is 5.91 Å². The number of methoxy groups -OCH3 is 1. The Hall–Kier alpha value is -2.08. The minimum Gasteiger partial charge on any atom is -0.496 e. The molecule has 1 N–H and O–H groups in total. The van der Waals surface area contributed by atoms with Crippen LogP contribution in [0.3, 0.4) is 0 Å². The Morgan fingerprint density at radius 1 is 1.30 bits per heavy atom. The van der Waals surface area contributed by atoms with Crippen LogP contribution in [0.4, 0.5) is 0 Å². The fraction of sp³-hybridized carbons (Fsp3) is 0.529. The number of hydrogen-bond donors (Lipinski definition) is 1. The molecule has 6 nitrogen and oxygen atoms in total. The molecule has 0 saturated carbocycles. The van der Waals surface area contributed by atoms with Crippen molar-refractivity contribution in [1.29, 1.82) is 0 Å². The van der Waals surface area contributed by atoms with Crippen LogP contribution in [0.1, 0.15) is 5.56 Å². The molecule has 2 fully saturated rings. The number of hydrogen-bond acceptors (Lipinski definition) is 4. The lowest BCUT2D eigenvalue weighted by molar-refractivity contribution is -0.149. The fourth-order valence-corrected chi connectivity index (χ4v) is 3.93. The summed E-state index contributed by atoms with van der Waals surface area (Å²) in [5.41, 5.74) is 0.0177. The number of fused-ring (bicyclic) bond motifs is 1. The summed E-state index contributed by atoms with van der Waals surface area (Å²) in [6.45, 7) is 2.05. The first-order valence-corrected chi connectivity index (χ1v) is 7.78. The molecule has 2 atom stereocenters. The minimum absolute atomic E-state index is 0.00613. The van der Waals surface area contributed by atoms with Crippen molar-refractivity contribution in [3.8, 4) is 5.75 Å². The summed E-state index contributed by atoms with van der Waals surface area (Å²) < 4.78 is 5.28. The molecule has 0 bridgehead atoms. The molecule has 0 spiro atoms. The van der Waals surface area contributed by atoms with Crippen LogP contribution in [0.25, 0.3) is 0 Å². The quantitative estimate of drug-likeness (QED) is 0.885. The standard InChI is InChI=1S/C17H22N2O4/c1-18-8-13-9-19(11-17(13,10-18)16(21)22)15(20)7-12-5-3-4-6-14(12)23-2/h3-6,13H,7-11H2,1-2H3,(H,21,22)/t13-,17-/m0/s1. The molecule has 0 aromatic heterocycles. The molecule has 0 unspecified atom stereocenters. The van der Waals surface area contributed by atoms with Crippen molar-refractivity contribution >= 4 is 11.9 Å². The Kier molecular flexibility index (Phi) is 4.02. The van der Waals surface area contributed by atoms with Crippen LogP contribution in [0.15, 0.2) is 24.3 Å². The van der Waals surface area contributed by atoms with E-state index in [-0.39, 0.29) is 18.2 Å². The van der Waals surface area contributed by atoms with E-state index in [9.17, 15) is 14.7 Å². The van der Waals surface area contributed by atoms with Gasteiger partial charge in [-0.1, -0.05) is 18.2 Å². The fourth-order valence-electron chi connectivity index (χ4n) is 3.93. The summed E-state index contributed by atoms with van der Waals surface area (Å²) >= 11 is 0. The third-order valence-electron chi connectivity index (χ3n) is 5.09. The number of aliphatic carboxylic acids is 1. The predicted octanol–water partition coefficient (Wildman–Crippen LogP) is 0.713. The zero-order chi connectivity index (χ0) is 16.6. The van der Waals surface area contributed by atoms with Crippen LogP contribution in [0.5, 0.6) is 5.75 Å². The van der Waals surface area contributed by atoms with Crippen LogP contribution in [-0.2, 0) is 16.0 Å². The van der Waals surface area contributed by atoms with Crippen molar-refractivity contribution in [2.24, 2.45) is 11.3 Å². The second-order valence-corrected chi connectivity index (χ2v) is 6.62. The molecule has 2 heterocycles. The molecular formula is C17H22N2O4. The van der Waals surface area contributed by atoms with E-state index in [1.54, 1.807) is 12.0 Å². The molecular weight excluding hydrogens is 296 g/mol. The van der Waals surface area contributed by atoms with Gasteiger partial charge in [0.15, 0.2) is 0 Å². The highest BCUT2D eigenvalue weighted by molar-refractivity contribution is 5.83. The highest BCUT2D eigenvalue weighted by Gasteiger charge is 2.57. The lowest BCUT2D eigenvalue weighted by Crippen LogP contribution is -2.41. The van der Waals surface area contributed by atoms with E-state index in [1.807, 2.05) is 36.2 Å². The Bertz CT molecular complexity index is 633. The number of nitrogens with zero attached hydrogens (tertiary/aromatic N) is 2. The third-order valence-corrected chi connectivity index (χ3v) is 5.09. The minimum atomic E-state index is -0.814. The van der Waals surface area contributed by atoms with Gasteiger partial charge in [0.05, 0.1) is 13.5 Å². The van der Waals surface area contributed by atoms with Gasteiger partial charge >= 0.3 is 5.97 Å². The molecule has 2 saturated heterocycles. The first-order chi connectivity index (χ1) is 11.0. The number of benzene rings is 1. The van der Waals surface area contributed by atoms with Gasteiger partial charge in [0.25, 0.3) is 0 Å². The van der Waals surface area contributed by atoms with Crippen molar-refractivity contribution in [3.05, 3.63) is 29.8 Å². The number of amides is 1. The number of para-hydroxylation sites is 1. The Morgan fingerprint density at radius 3 is 2.70 bits per heavy atom. The molecule has 0 radical (unpaired) electrons. The number of carbonyl (C=O) groups excluding carboxylic acids is 1. The van der Waals surface area contributed by atoms with E-state index in [1.165, 1.54) is 0 Å². The molecule has 3 rings (SSSR count). The molecule has 23 heavy (non-hydrogen) atoms. The summed E-state index contributed by atoms with van der Waals surface area (Å²) in [6.07, 6.45) is 0.238. The van der Waals surface area contributed by atoms with Crippen LogP contribution in [-0.4, -0.2) is 67.1 Å². The van der Waals surface area contributed by atoms with E-state index in [4.69, 9.17) is 4.74 Å². The number of carboxylic acid groups (broad SMARTS) is 1. The normalized spacial score (nSPS) is 27.0. The van der Waals surface area contributed by atoms with Crippen molar-refractivity contribution in [1.82, 2.24) is 9.80 Å².